The Balaban J connectivity index is 2.82. The second-order valence-electron chi connectivity index (χ2n) is 4.74. The molecule has 3 nitrogen and oxygen atoms in total. The van der Waals surface area contributed by atoms with E-state index in [1.54, 1.807) is 6.07 Å². The molecule has 0 heterocycles. The van der Waals surface area contributed by atoms with Gasteiger partial charge in [-0.25, -0.2) is 4.39 Å². The van der Waals surface area contributed by atoms with E-state index in [0.29, 0.717) is 6.54 Å². The number of hydrogen-bond acceptors (Lipinski definition) is 3. The van der Waals surface area contributed by atoms with Crippen LogP contribution in [-0.4, -0.2) is 45.7 Å². The van der Waals surface area contributed by atoms with Gasteiger partial charge in [-0.15, -0.1) is 0 Å². The Morgan fingerprint density at radius 1 is 1.17 bits per heavy atom. The van der Waals surface area contributed by atoms with Gasteiger partial charge >= 0.3 is 0 Å². The van der Waals surface area contributed by atoms with E-state index in [4.69, 9.17) is 0 Å². The Hall–Kier alpha value is -1.13. The lowest BCUT2D eigenvalue weighted by atomic mass is 10.1. The van der Waals surface area contributed by atoms with E-state index in [1.165, 1.54) is 6.07 Å². The molecule has 0 bridgehead atoms. The quantitative estimate of drug-likeness (QED) is 0.801. The molecule has 0 saturated carbocycles. The van der Waals surface area contributed by atoms with Crippen LogP contribution < -0.4 is 10.2 Å². The van der Waals surface area contributed by atoms with Crippen molar-refractivity contribution >= 4 is 5.69 Å². The van der Waals surface area contributed by atoms with Crippen LogP contribution in [0.4, 0.5) is 10.1 Å². The van der Waals surface area contributed by atoms with Crippen molar-refractivity contribution < 1.29 is 4.39 Å². The van der Waals surface area contributed by atoms with E-state index in [0.717, 1.165) is 30.9 Å². The van der Waals surface area contributed by atoms with E-state index < -0.39 is 0 Å². The number of halogens is 1. The Morgan fingerprint density at radius 2 is 1.89 bits per heavy atom. The predicted molar refractivity (Wildman–Crippen MR) is 75.6 cm³/mol. The Morgan fingerprint density at radius 3 is 2.50 bits per heavy atom. The fourth-order valence-corrected chi connectivity index (χ4v) is 1.80. The van der Waals surface area contributed by atoms with Gasteiger partial charge in [-0.3, -0.25) is 0 Å². The standard InChI is InChI=1S/C14H24FN3/c1-5-16-11-12-13(15)7-6-8-14(12)18(4)10-9-17(2)3/h6-8,16H,5,9-11H2,1-4H3. The zero-order valence-electron chi connectivity index (χ0n) is 11.8. The van der Waals surface area contributed by atoms with E-state index >= 15 is 0 Å². The summed E-state index contributed by atoms with van der Waals surface area (Å²) in [7, 11) is 6.09. The van der Waals surface area contributed by atoms with E-state index in [-0.39, 0.29) is 5.82 Å². The first-order valence-electron chi connectivity index (χ1n) is 6.40. The summed E-state index contributed by atoms with van der Waals surface area (Å²) in [6.07, 6.45) is 0. The molecule has 0 saturated heterocycles. The fourth-order valence-electron chi connectivity index (χ4n) is 1.80. The molecule has 1 rings (SSSR count). The maximum atomic E-state index is 13.9. The molecule has 0 aliphatic carbocycles. The van der Waals surface area contributed by atoms with Gasteiger partial charge in [-0.05, 0) is 32.8 Å². The van der Waals surface area contributed by atoms with Gasteiger partial charge in [-0.2, -0.15) is 0 Å². The molecule has 1 aromatic rings. The van der Waals surface area contributed by atoms with Gasteiger partial charge < -0.3 is 15.1 Å². The van der Waals surface area contributed by atoms with Crippen LogP contribution >= 0.6 is 0 Å². The van der Waals surface area contributed by atoms with Crippen LogP contribution in [0.15, 0.2) is 18.2 Å². The first kappa shape index (κ1) is 14.9. The van der Waals surface area contributed by atoms with Crippen molar-refractivity contribution in [3.05, 3.63) is 29.6 Å². The lowest BCUT2D eigenvalue weighted by Gasteiger charge is -2.24. The maximum absolute atomic E-state index is 13.9. The van der Waals surface area contributed by atoms with Crippen molar-refractivity contribution in [3.63, 3.8) is 0 Å². The van der Waals surface area contributed by atoms with Crippen molar-refractivity contribution in [2.45, 2.75) is 13.5 Å². The van der Waals surface area contributed by atoms with Crippen molar-refractivity contribution in [1.82, 2.24) is 10.2 Å². The van der Waals surface area contributed by atoms with Crippen molar-refractivity contribution in [1.29, 1.82) is 0 Å². The minimum Gasteiger partial charge on any atom is -0.373 e. The van der Waals surface area contributed by atoms with Crippen molar-refractivity contribution in [3.8, 4) is 0 Å². The number of rotatable bonds is 7. The molecule has 102 valence electrons. The highest BCUT2D eigenvalue weighted by Gasteiger charge is 2.11. The highest BCUT2D eigenvalue weighted by atomic mass is 19.1. The molecular weight excluding hydrogens is 229 g/mol. The summed E-state index contributed by atoms with van der Waals surface area (Å²) >= 11 is 0. The molecular formula is C14H24FN3. The van der Waals surface area contributed by atoms with Gasteiger partial charge in [0.25, 0.3) is 0 Å². The van der Waals surface area contributed by atoms with Crippen LogP contribution in [0, 0.1) is 5.82 Å². The van der Waals surface area contributed by atoms with E-state index in [9.17, 15) is 4.39 Å². The largest absolute Gasteiger partial charge is 0.373 e. The van der Waals surface area contributed by atoms with Crippen molar-refractivity contribution in [2.75, 3.05) is 45.7 Å². The van der Waals surface area contributed by atoms with E-state index in [1.807, 2.05) is 34.1 Å². The van der Waals surface area contributed by atoms with Crippen LogP contribution in [0.1, 0.15) is 12.5 Å². The third-order valence-electron chi connectivity index (χ3n) is 2.94. The first-order valence-corrected chi connectivity index (χ1v) is 6.40. The predicted octanol–water partition coefficient (Wildman–Crippen LogP) is 1.93. The van der Waals surface area contributed by atoms with Gasteiger partial charge in [0.05, 0.1) is 0 Å². The summed E-state index contributed by atoms with van der Waals surface area (Å²) in [4.78, 5) is 4.23. The average Bonchev–Trinajstić information content (AvgIpc) is 2.34. The molecule has 18 heavy (non-hydrogen) atoms. The molecule has 0 radical (unpaired) electrons. The SMILES string of the molecule is CCNCc1c(F)cccc1N(C)CCN(C)C. The lowest BCUT2D eigenvalue weighted by molar-refractivity contribution is 0.416. The Bertz CT molecular complexity index is 366. The molecule has 0 atom stereocenters. The number of benzene rings is 1. The molecule has 4 heteroatoms. The van der Waals surface area contributed by atoms with Crippen LogP contribution in [0.3, 0.4) is 0 Å². The van der Waals surface area contributed by atoms with Crippen LogP contribution in [-0.2, 0) is 6.54 Å². The molecule has 0 amide bonds. The highest BCUT2D eigenvalue weighted by molar-refractivity contribution is 5.53. The summed E-state index contributed by atoms with van der Waals surface area (Å²) in [6, 6.07) is 5.27. The maximum Gasteiger partial charge on any atom is 0.129 e. The molecule has 0 spiro atoms. The van der Waals surface area contributed by atoms with Crippen LogP contribution in [0.5, 0.6) is 0 Å². The molecule has 0 fully saturated rings. The Labute approximate surface area is 110 Å². The molecule has 1 N–H and O–H groups in total. The summed E-state index contributed by atoms with van der Waals surface area (Å²) in [6.45, 7) is 5.28. The zero-order valence-corrected chi connectivity index (χ0v) is 11.8. The zero-order chi connectivity index (χ0) is 13.5. The number of nitrogens with one attached hydrogen (secondary N) is 1. The molecule has 0 aliphatic heterocycles. The number of anilines is 1. The topological polar surface area (TPSA) is 18.5 Å². The minimum atomic E-state index is -0.134. The van der Waals surface area contributed by atoms with Gasteiger partial charge in [0.15, 0.2) is 0 Å². The number of nitrogens with zero attached hydrogens (tertiary/aromatic N) is 2. The monoisotopic (exact) mass is 253 g/mol. The number of likely N-dealkylation sites (N-methyl/N-ethyl adjacent to an activating group) is 2. The highest BCUT2D eigenvalue weighted by Crippen LogP contribution is 2.22. The third-order valence-corrected chi connectivity index (χ3v) is 2.94. The van der Waals surface area contributed by atoms with Gasteiger partial charge in [0.1, 0.15) is 5.82 Å². The minimum absolute atomic E-state index is 0.134. The smallest absolute Gasteiger partial charge is 0.129 e. The van der Waals surface area contributed by atoms with E-state index in [2.05, 4.69) is 15.1 Å². The fraction of sp³-hybridized carbons (Fsp3) is 0.571. The van der Waals surface area contributed by atoms with Gasteiger partial charge in [0, 0.05) is 37.9 Å². The average molecular weight is 253 g/mol. The second-order valence-corrected chi connectivity index (χ2v) is 4.74. The van der Waals surface area contributed by atoms with Crippen LogP contribution in [0.25, 0.3) is 0 Å². The third kappa shape index (κ3) is 4.27. The van der Waals surface area contributed by atoms with Crippen LogP contribution in [0.2, 0.25) is 0 Å². The van der Waals surface area contributed by atoms with Gasteiger partial charge in [-0.1, -0.05) is 13.0 Å². The normalized spacial score (nSPS) is 11.0. The summed E-state index contributed by atoms with van der Waals surface area (Å²) in [5, 5.41) is 3.19. The van der Waals surface area contributed by atoms with Crippen molar-refractivity contribution in [2.24, 2.45) is 0 Å². The molecule has 1 aromatic carbocycles. The molecule has 0 aromatic heterocycles. The summed E-state index contributed by atoms with van der Waals surface area (Å²) in [5.41, 5.74) is 1.72. The first-order chi connectivity index (χ1) is 8.56. The number of hydrogen-bond donors (Lipinski definition) is 1. The Kier molecular flexibility index (Phi) is 6.09. The lowest BCUT2D eigenvalue weighted by Crippen LogP contribution is -2.29. The summed E-state index contributed by atoms with van der Waals surface area (Å²) < 4.78 is 13.9. The molecule has 0 unspecified atom stereocenters. The van der Waals surface area contributed by atoms with Gasteiger partial charge in [0.2, 0.25) is 0 Å². The second kappa shape index (κ2) is 7.34. The molecule has 0 aliphatic rings. The summed E-state index contributed by atoms with van der Waals surface area (Å²) in [5.74, 6) is -0.134.